The summed E-state index contributed by atoms with van der Waals surface area (Å²) in [5, 5.41) is 3.28. The van der Waals surface area contributed by atoms with E-state index in [1.807, 2.05) is 39.0 Å². The molecule has 0 bridgehead atoms. The van der Waals surface area contributed by atoms with Crippen LogP contribution in [0.4, 0.5) is 5.69 Å². The van der Waals surface area contributed by atoms with Gasteiger partial charge in [-0.05, 0) is 43.0 Å². The summed E-state index contributed by atoms with van der Waals surface area (Å²) in [7, 11) is 0. The van der Waals surface area contributed by atoms with Crippen LogP contribution in [0.5, 0.6) is 0 Å². The van der Waals surface area contributed by atoms with Crippen LogP contribution >= 0.6 is 0 Å². The Kier molecular flexibility index (Phi) is 6.30. The normalized spacial score (nSPS) is 12.0. The Balaban J connectivity index is 1.69. The maximum absolute atomic E-state index is 12.6. The third kappa shape index (κ3) is 4.56. The lowest BCUT2D eigenvalue weighted by Gasteiger charge is -2.19. The molecular formula is C23H25N3O4. The van der Waals surface area contributed by atoms with Gasteiger partial charge in [0.25, 0.3) is 11.5 Å². The topological polar surface area (TPSA) is 90.3 Å². The lowest BCUT2D eigenvalue weighted by molar-refractivity contribution is -0.153. The Morgan fingerprint density at radius 3 is 2.57 bits per heavy atom. The number of carbonyl (C=O) groups is 2. The largest absolute Gasteiger partial charge is 0.451 e. The number of carbonyl (C=O) groups excluding carboxylic acids is 2. The molecule has 0 saturated carbocycles. The van der Waals surface area contributed by atoms with Gasteiger partial charge in [0.2, 0.25) is 0 Å². The van der Waals surface area contributed by atoms with Crippen LogP contribution in [0.3, 0.4) is 0 Å². The molecule has 2 aromatic carbocycles. The minimum atomic E-state index is -1.01. The van der Waals surface area contributed by atoms with Crippen molar-refractivity contribution in [3.8, 4) is 0 Å². The molecule has 0 saturated heterocycles. The standard InChI is InChI=1S/C23H25N3O4/c1-14(2)17-10-7-8-15(3)21(17)25-22(28)16(4)30-20(27)12-26-13-24-19-11-6-5-9-18(19)23(26)29/h5-11,13-14,16H,12H2,1-4H3,(H,25,28)/t16-/m0/s1. The van der Waals surface area contributed by atoms with Crippen molar-refractivity contribution in [3.05, 3.63) is 70.3 Å². The van der Waals surface area contributed by atoms with Crippen LogP contribution in [0, 0.1) is 6.92 Å². The van der Waals surface area contributed by atoms with E-state index in [1.54, 1.807) is 24.3 Å². The zero-order chi connectivity index (χ0) is 21.8. The van der Waals surface area contributed by atoms with Gasteiger partial charge in [-0.2, -0.15) is 0 Å². The third-order valence-corrected chi connectivity index (χ3v) is 4.88. The molecule has 0 unspecified atom stereocenters. The number of anilines is 1. The fourth-order valence-electron chi connectivity index (χ4n) is 3.21. The van der Waals surface area contributed by atoms with Crippen LogP contribution in [0.25, 0.3) is 10.9 Å². The molecule has 1 N–H and O–H groups in total. The summed E-state index contributed by atoms with van der Waals surface area (Å²) in [4.78, 5) is 41.6. The Bertz CT molecular complexity index is 1150. The first-order valence-electron chi connectivity index (χ1n) is 9.82. The Hall–Kier alpha value is -3.48. The predicted molar refractivity (Wildman–Crippen MR) is 115 cm³/mol. The second-order valence-corrected chi connectivity index (χ2v) is 7.51. The van der Waals surface area contributed by atoms with Crippen LogP contribution in [0.15, 0.2) is 53.6 Å². The van der Waals surface area contributed by atoms with Crippen LogP contribution in [0.1, 0.15) is 37.8 Å². The molecule has 0 aliphatic heterocycles. The molecule has 7 heteroatoms. The molecule has 1 atom stereocenters. The maximum atomic E-state index is 12.6. The van der Waals surface area contributed by atoms with Crippen LogP contribution in [-0.2, 0) is 20.9 Å². The van der Waals surface area contributed by atoms with Gasteiger partial charge >= 0.3 is 5.97 Å². The number of benzene rings is 2. The maximum Gasteiger partial charge on any atom is 0.326 e. The highest BCUT2D eigenvalue weighted by atomic mass is 16.5. The lowest BCUT2D eigenvalue weighted by Crippen LogP contribution is -2.33. The highest BCUT2D eigenvalue weighted by Crippen LogP contribution is 2.27. The van der Waals surface area contributed by atoms with E-state index in [-0.39, 0.29) is 18.0 Å². The lowest BCUT2D eigenvalue weighted by atomic mass is 9.98. The van der Waals surface area contributed by atoms with Crippen LogP contribution < -0.4 is 10.9 Å². The highest BCUT2D eigenvalue weighted by molar-refractivity contribution is 5.96. The number of para-hydroxylation sites is 2. The molecule has 1 amide bonds. The van der Waals surface area contributed by atoms with Crippen molar-refractivity contribution in [1.82, 2.24) is 9.55 Å². The van der Waals surface area contributed by atoms with Gasteiger partial charge in [0, 0.05) is 5.69 Å². The quantitative estimate of drug-likeness (QED) is 0.633. The molecule has 156 valence electrons. The number of aromatic nitrogens is 2. The summed E-state index contributed by atoms with van der Waals surface area (Å²) in [6.45, 7) is 7.18. The van der Waals surface area contributed by atoms with Gasteiger partial charge in [-0.3, -0.25) is 19.0 Å². The number of hydrogen-bond donors (Lipinski definition) is 1. The number of amides is 1. The van der Waals surface area contributed by atoms with E-state index in [0.29, 0.717) is 10.9 Å². The first-order chi connectivity index (χ1) is 14.3. The second kappa shape index (κ2) is 8.90. The summed E-state index contributed by atoms with van der Waals surface area (Å²) in [6, 6.07) is 12.7. The summed E-state index contributed by atoms with van der Waals surface area (Å²) in [6.07, 6.45) is 0.292. The van der Waals surface area contributed by atoms with Crippen molar-refractivity contribution in [2.45, 2.75) is 46.3 Å². The average molecular weight is 407 g/mol. The number of nitrogens with one attached hydrogen (secondary N) is 1. The minimum absolute atomic E-state index is 0.227. The van der Waals surface area contributed by atoms with Gasteiger partial charge in [0.1, 0.15) is 6.54 Å². The molecule has 0 radical (unpaired) electrons. The predicted octanol–water partition coefficient (Wildman–Crippen LogP) is 3.40. The number of rotatable bonds is 6. The first-order valence-corrected chi connectivity index (χ1v) is 9.82. The van der Waals surface area contributed by atoms with Crippen molar-refractivity contribution in [3.63, 3.8) is 0 Å². The molecule has 0 aliphatic rings. The Morgan fingerprint density at radius 2 is 1.83 bits per heavy atom. The van der Waals surface area contributed by atoms with E-state index in [1.165, 1.54) is 17.8 Å². The van der Waals surface area contributed by atoms with E-state index >= 15 is 0 Å². The molecule has 30 heavy (non-hydrogen) atoms. The first kappa shape index (κ1) is 21.2. The molecule has 7 nitrogen and oxygen atoms in total. The molecule has 1 aromatic heterocycles. The smallest absolute Gasteiger partial charge is 0.326 e. The van der Waals surface area contributed by atoms with Crippen molar-refractivity contribution >= 4 is 28.5 Å². The zero-order valence-corrected chi connectivity index (χ0v) is 17.5. The summed E-state index contributed by atoms with van der Waals surface area (Å²) >= 11 is 0. The Morgan fingerprint density at radius 1 is 1.10 bits per heavy atom. The zero-order valence-electron chi connectivity index (χ0n) is 17.5. The summed E-state index contributed by atoms with van der Waals surface area (Å²) in [5.74, 6) is -0.889. The van der Waals surface area contributed by atoms with Crippen LogP contribution in [-0.4, -0.2) is 27.5 Å². The third-order valence-electron chi connectivity index (χ3n) is 4.88. The van der Waals surface area contributed by atoms with Gasteiger partial charge in [-0.1, -0.05) is 44.2 Å². The van der Waals surface area contributed by atoms with Gasteiger partial charge in [0.05, 0.1) is 17.2 Å². The van der Waals surface area contributed by atoms with Gasteiger partial charge in [-0.25, -0.2) is 4.98 Å². The number of esters is 1. The average Bonchev–Trinajstić information content (AvgIpc) is 2.71. The number of aryl methyl sites for hydroxylation is 1. The number of ether oxygens (including phenoxy) is 1. The fraction of sp³-hybridized carbons (Fsp3) is 0.304. The van der Waals surface area contributed by atoms with E-state index < -0.39 is 18.0 Å². The second-order valence-electron chi connectivity index (χ2n) is 7.51. The van der Waals surface area contributed by atoms with Crippen molar-refractivity contribution < 1.29 is 14.3 Å². The molecule has 0 spiro atoms. The molecule has 3 rings (SSSR count). The monoisotopic (exact) mass is 407 g/mol. The Labute approximate surface area is 174 Å². The molecular weight excluding hydrogens is 382 g/mol. The van der Waals surface area contributed by atoms with Crippen molar-refractivity contribution in [1.29, 1.82) is 0 Å². The molecule has 0 fully saturated rings. The van der Waals surface area contributed by atoms with E-state index in [2.05, 4.69) is 10.3 Å². The molecule has 1 heterocycles. The van der Waals surface area contributed by atoms with Crippen molar-refractivity contribution in [2.24, 2.45) is 0 Å². The fourth-order valence-corrected chi connectivity index (χ4v) is 3.21. The van der Waals surface area contributed by atoms with Gasteiger partial charge in [0.15, 0.2) is 6.10 Å². The molecule has 3 aromatic rings. The van der Waals surface area contributed by atoms with E-state index in [4.69, 9.17) is 4.74 Å². The highest BCUT2D eigenvalue weighted by Gasteiger charge is 2.21. The number of nitrogens with zero attached hydrogens (tertiary/aromatic N) is 2. The SMILES string of the molecule is Cc1cccc(C(C)C)c1NC(=O)[C@H](C)OC(=O)Cn1cnc2ccccc2c1=O. The van der Waals surface area contributed by atoms with Crippen molar-refractivity contribution in [2.75, 3.05) is 5.32 Å². The van der Waals surface area contributed by atoms with Gasteiger partial charge < -0.3 is 10.1 Å². The van der Waals surface area contributed by atoms with E-state index in [9.17, 15) is 14.4 Å². The minimum Gasteiger partial charge on any atom is -0.451 e. The van der Waals surface area contributed by atoms with Crippen LogP contribution in [0.2, 0.25) is 0 Å². The number of fused-ring (bicyclic) bond motifs is 1. The number of hydrogen-bond acceptors (Lipinski definition) is 5. The van der Waals surface area contributed by atoms with E-state index in [0.717, 1.165) is 16.8 Å². The van der Waals surface area contributed by atoms with Gasteiger partial charge in [-0.15, -0.1) is 0 Å². The molecule has 0 aliphatic carbocycles. The summed E-state index contributed by atoms with van der Waals surface area (Å²) in [5.41, 5.74) is 2.89. The summed E-state index contributed by atoms with van der Waals surface area (Å²) < 4.78 is 6.43.